The zero-order valence-electron chi connectivity index (χ0n) is 20.5. The van der Waals surface area contributed by atoms with E-state index in [4.69, 9.17) is 4.74 Å². The first kappa shape index (κ1) is 22.8. The molecule has 0 unspecified atom stereocenters. The van der Waals surface area contributed by atoms with Gasteiger partial charge in [-0.1, -0.05) is 30.3 Å². The summed E-state index contributed by atoms with van der Waals surface area (Å²) in [5.74, 6) is 1.61. The normalized spacial score (nSPS) is 24.0. The number of aromatic nitrogens is 2. The van der Waals surface area contributed by atoms with E-state index < -0.39 is 5.41 Å². The fourth-order valence-electron chi connectivity index (χ4n) is 6.20. The number of para-hydroxylation sites is 1. The van der Waals surface area contributed by atoms with Crippen LogP contribution in [0.25, 0.3) is 0 Å². The van der Waals surface area contributed by atoms with Gasteiger partial charge >= 0.3 is 0 Å². The monoisotopic (exact) mass is 485 g/mol. The Kier molecular flexibility index (Phi) is 5.76. The number of amides is 2. The number of ether oxygens (including phenoxy) is 1. The number of nitrogens with zero attached hydrogens (tertiary/aromatic N) is 4. The maximum Gasteiger partial charge on any atom is 0.240 e. The van der Waals surface area contributed by atoms with Gasteiger partial charge in [0.2, 0.25) is 11.8 Å². The molecule has 4 bridgehead atoms. The summed E-state index contributed by atoms with van der Waals surface area (Å²) in [7, 11) is 0. The third-order valence-electron chi connectivity index (χ3n) is 7.80. The van der Waals surface area contributed by atoms with Crippen LogP contribution < -0.4 is 15.0 Å². The molecular weight excluding hydrogens is 454 g/mol. The molecule has 8 heteroatoms. The van der Waals surface area contributed by atoms with Gasteiger partial charge < -0.3 is 19.5 Å². The molecule has 2 atom stereocenters. The number of rotatable bonds is 3. The quantitative estimate of drug-likeness (QED) is 0.617. The predicted octanol–water partition coefficient (Wildman–Crippen LogP) is 3.03. The van der Waals surface area contributed by atoms with Gasteiger partial charge in [-0.15, -0.1) is 0 Å². The van der Waals surface area contributed by atoms with Gasteiger partial charge in [-0.3, -0.25) is 14.5 Å². The third kappa shape index (κ3) is 3.59. The molecule has 1 fully saturated rings. The summed E-state index contributed by atoms with van der Waals surface area (Å²) in [6, 6.07) is 15.9. The van der Waals surface area contributed by atoms with E-state index in [1.54, 1.807) is 4.90 Å². The van der Waals surface area contributed by atoms with E-state index in [0.717, 1.165) is 41.5 Å². The number of nitrogens with one attached hydrogen (secondary N) is 1. The largest absolute Gasteiger partial charge is 0.494 e. The van der Waals surface area contributed by atoms with Crippen molar-refractivity contribution in [1.82, 2.24) is 19.8 Å². The number of carbonyl (C=O) groups excluding carboxylic acids is 2. The van der Waals surface area contributed by atoms with Crippen molar-refractivity contribution in [1.29, 1.82) is 0 Å². The fourth-order valence-corrected chi connectivity index (χ4v) is 6.20. The van der Waals surface area contributed by atoms with Gasteiger partial charge in [-0.05, 0) is 49.1 Å². The van der Waals surface area contributed by atoms with Crippen molar-refractivity contribution in [2.75, 3.05) is 31.1 Å². The molecular formula is C28H31N5O3. The van der Waals surface area contributed by atoms with Crippen LogP contribution in [0, 0.1) is 0 Å². The Morgan fingerprint density at radius 1 is 1.17 bits per heavy atom. The van der Waals surface area contributed by atoms with E-state index >= 15 is 0 Å². The summed E-state index contributed by atoms with van der Waals surface area (Å²) in [6.07, 6.45) is 5.20. The number of imidazole rings is 1. The number of aryl methyl sites for hydroxylation is 1. The van der Waals surface area contributed by atoms with Crippen LogP contribution in [-0.4, -0.2) is 52.5 Å². The molecule has 2 aromatic carbocycles. The van der Waals surface area contributed by atoms with E-state index in [9.17, 15) is 9.59 Å². The number of benzene rings is 2. The van der Waals surface area contributed by atoms with Gasteiger partial charge in [0.1, 0.15) is 18.1 Å². The molecule has 1 spiro atoms. The smallest absolute Gasteiger partial charge is 0.240 e. The number of carbonyl (C=O) groups is 2. The predicted molar refractivity (Wildman–Crippen MR) is 136 cm³/mol. The molecule has 0 aliphatic carbocycles. The number of likely N-dealkylation sites (tertiary alicyclic amines) is 1. The molecule has 3 aliphatic heterocycles. The molecule has 1 aromatic heterocycles. The number of hydrogen-bond acceptors (Lipinski definition) is 5. The molecule has 2 amide bonds. The van der Waals surface area contributed by atoms with Gasteiger partial charge in [-0.25, -0.2) is 4.98 Å². The summed E-state index contributed by atoms with van der Waals surface area (Å²) in [6.45, 7) is 5.37. The molecule has 3 aromatic rings. The lowest BCUT2D eigenvalue weighted by Gasteiger charge is -2.35. The summed E-state index contributed by atoms with van der Waals surface area (Å²) in [5.41, 5.74) is 2.09. The van der Waals surface area contributed by atoms with Crippen molar-refractivity contribution in [2.24, 2.45) is 0 Å². The molecule has 186 valence electrons. The number of fused-ring (bicyclic) bond motifs is 6. The van der Waals surface area contributed by atoms with Crippen LogP contribution in [0.3, 0.4) is 0 Å². The van der Waals surface area contributed by atoms with Crippen molar-refractivity contribution < 1.29 is 14.3 Å². The fraction of sp³-hybridized carbons (Fsp3) is 0.393. The van der Waals surface area contributed by atoms with Crippen molar-refractivity contribution in [3.63, 3.8) is 0 Å². The van der Waals surface area contributed by atoms with Crippen LogP contribution in [0.2, 0.25) is 0 Å². The molecule has 0 radical (unpaired) electrons. The standard InChI is InChI=1S/C28H31N5O3/c1-2-31-15-13-29-24(31)18-32-14-11-28-22-9-3-4-10-23(22)33(27(28)35)19-25(34)30-12-6-16-36-21-8-5-7-20(17-21)26(28)32/h3-5,7-10,13,15,17,26H,2,6,11-12,14,16,18-19H2,1H3,(H,30,34)/t26-,28+/m0/s1. The van der Waals surface area contributed by atoms with Crippen LogP contribution in [0.5, 0.6) is 5.75 Å². The average Bonchev–Trinajstić information content (AvgIpc) is 3.56. The topological polar surface area (TPSA) is 79.7 Å². The van der Waals surface area contributed by atoms with E-state index in [2.05, 4.69) is 44.9 Å². The van der Waals surface area contributed by atoms with Crippen molar-refractivity contribution in [2.45, 2.75) is 44.3 Å². The number of anilines is 1. The van der Waals surface area contributed by atoms with Crippen LogP contribution >= 0.6 is 0 Å². The second-order valence-corrected chi connectivity index (χ2v) is 9.76. The number of hydrogen-bond donors (Lipinski definition) is 1. The minimum absolute atomic E-state index is 0.00596. The molecule has 1 saturated heterocycles. The summed E-state index contributed by atoms with van der Waals surface area (Å²) in [5, 5.41) is 2.95. The molecule has 1 N–H and O–H groups in total. The Morgan fingerprint density at radius 2 is 2.06 bits per heavy atom. The molecule has 36 heavy (non-hydrogen) atoms. The lowest BCUT2D eigenvalue weighted by Crippen LogP contribution is -2.47. The van der Waals surface area contributed by atoms with Crippen LogP contribution in [0.4, 0.5) is 5.69 Å². The van der Waals surface area contributed by atoms with E-state index in [0.29, 0.717) is 32.5 Å². The molecule has 4 heterocycles. The minimum Gasteiger partial charge on any atom is -0.494 e. The Morgan fingerprint density at radius 3 is 2.94 bits per heavy atom. The Bertz CT molecular complexity index is 1300. The summed E-state index contributed by atoms with van der Waals surface area (Å²) in [4.78, 5) is 35.9. The Balaban J connectivity index is 1.51. The summed E-state index contributed by atoms with van der Waals surface area (Å²) >= 11 is 0. The highest BCUT2D eigenvalue weighted by atomic mass is 16.5. The van der Waals surface area contributed by atoms with E-state index in [1.807, 2.05) is 42.7 Å². The first-order valence-corrected chi connectivity index (χ1v) is 12.8. The van der Waals surface area contributed by atoms with Crippen LogP contribution in [0.1, 0.15) is 42.8 Å². The van der Waals surface area contributed by atoms with E-state index in [1.165, 1.54) is 0 Å². The molecule has 3 aliphatic rings. The average molecular weight is 486 g/mol. The highest BCUT2D eigenvalue weighted by Crippen LogP contribution is 2.57. The van der Waals surface area contributed by atoms with Gasteiger partial charge in [-0.2, -0.15) is 0 Å². The van der Waals surface area contributed by atoms with Crippen molar-refractivity contribution >= 4 is 17.5 Å². The SMILES string of the molecule is CCn1ccnc1CN1CC[C@]23C(=O)N(CC(=O)NCCCOc4cccc(c4)[C@H]12)c1ccccc13. The maximum atomic E-state index is 14.4. The zero-order chi connectivity index (χ0) is 24.7. The van der Waals surface area contributed by atoms with Crippen LogP contribution in [-0.2, 0) is 28.1 Å². The first-order valence-electron chi connectivity index (χ1n) is 12.8. The second kappa shape index (κ2) is 9.09. The summed E-state index contributed by atoms with van der Waals surface area (Å²) < 4.78 is 8.19. The van der Waals surface area contributed by atoms with Crippen molar-refractivity contribution in [3.05, 3.63) is 77.9 Å². The van der Waals surface area contributed by atoms with E-state index in [-0.39, 0.29) is 24.4 Å². The van der Waals surface area contributed by atoms with Gasteiger partial charge in [0.05, 0.1) is 24.6 Å². The van der Waals surface area contributed by atoms with Gasteiger partial charge in [0, 0.05) is 37.7 Å². The third-order valence-corrected chi connectivity index (χ3v) is 7.80. The molecule has 6 rings (SSSR count). The Hall–Kier alpha value is -3.65. The van der Waals surface area contributed by atoms with Crippen LogP contribution in [0.15, 0.2) is 60.9 Å². The molecule has 0 saturated carbocycles. The lowest BCUT2D eigenvalue weighted by atomic mass is 9.72. The lowest BCUT2D eigenvalue weighted by molar-refractivity contribution is -0.127. The van der Waals surface area contributed by atoms with Gasteiger partial charge in [0.25, 0.3) is 0 Å². The highest BCUT2D eigenvalue weighted by molar-refractivity contribution is 6.11. The maximum absolute atomic E-state index is 14.4. The Labute approximate surface area is 210 Å². The van der Waals surface area contributed by atoms with Gasteiger partial charge in [0.15, 0.2) is 0 Å². The molecule has 8 nitrogen and oxygen atoms in total. The van der Waals surface area contributed by atoms with Crippen molar-refractivity contribution in [3.8, 4) is 5.75 Å². The first-order chi connectivity index (χ1) is 17.6. The highest BCUT2D eigenvalue weighted by Gasteiger charge is 2.60. The minimum atomic E-state index is -0.788. The zero-order valence-corrected chi connectivity index (χ0v) is 20.5. The second-order valence-electron chi connectivity index (χ2n) is 9.76.